The molecule has 0 aromatic carbocycles. The van der Waals surface area contributed by atoms with E-state index in [1.165, 1.54) is 12.8 Å². The maximum atomic E-state index is 12.3. The zero-order valence-corrected chi connectivity index (χ0v) is 12.3. The maximum absolute atomic E-state index is 12.3. The SMILES string of the molecule is CCN(CC1CCCNC1)C(=O)c1cc(Br)c[nH]1. The number of rotatable bonds is 4. The molecule has 18 heavy (non-hydrogen) atoms. The van der Waals surface area contributed by atoms with Gasteiger partial charge in [-0.1, -0.05) is 0 Å². The lowest BCUT2D eigenvalue weighted by Gasteiger charge is -2.29. The molecule has 0 aliphatic carbocycles. The molecule has 2 heterocycles. The van der Waals surface area contributed by atoms with Crippen molar-refractivity contribution in [2.24, 2.45) is 5.92 Å². The second-order valence-electron chi connectivity index (χ2n) is 4.79. The Balaban J connectivity index is 1.97. The molecule has 0 bridgehead atoms. The Kier molecular flexibility index (Phi) is 4.83. The first-order valence-electron chi connectivity index (χ1n) is 6.54. The molecule has 2 rings (SSSR count). The smallest absolute Gasteiger partial charge is 0.270 e. The van der Waals surface area contributed by atoms with E-state index in [0.29, 0.717) is 11.6 Å². The molecule has 1 atom stereocenters. The number of piperidine rings is 1. The van der Waals surface area contributed by atoms with Gasteiger partial charge in [-0.15, -0.1) is 0 Å². The summed E-state index contributed by atoms with van der Waals surface area (Å²) < 4.78 is 0.918. The second-order valence-corrected chi connectivity index (χ2v) is 5.70. The number of nitrogens with one attached hydrogen (secondary N) is 2. The van der Waals surface area contributed by atoms with E-state index in [0.717, 1.165) is 30.7 Å². The van der Waals surface area contributed by atoms with Crippen molar-refractivity contribution in [2.45, 2.75) is 19.8 Å². The third-order valence-electron chi connectivity index (χ3n) is 3.42. The number of hydrogen-bond acceptors (Lipinski definition) is 2. The highest BCUT2D eigenvalue weighted by molar-refractivity contribution is 9.10. The topological polar surface area (TPSA) is 48.1 Å². The largest absolute Gasteiger partial charge is 0.356 e. The highest BCUT2D eigenvalue weighted by atomic mass is 79.9. The summed E-state index contributed by atoms with van der Waals surface area (Å²) in [5.74, 6) is 0.676. The minimum absolute atomic E-state index is 0.0915. The first-order chi connectivity index (χ1) is 8.70. The van der Waals surface area contributed by atoms with Crippen molar-refractivity contribution in [3.05, 3.63) is 22.4 Å². The highest BCUT2D eigenvalue weighted by Crippen LogP contribution is 2.16. The van der Waals surface area contributed by atoms with Crippen LogP contribution in [0.25, 0.3) is 0 Å². The summed E-state index contributed by atoms with van der Waals surface area (Å²) in [6, 6.07) is 1.84. The van der Waals surface area contributed by atoms with Gasteiger partial charge in [0.25, 0.3) is 5.91 Å². The molecule has 1 amide bonds. The van der Waals surface area contributed by atoms with E-state index in [2.05, 4.69) is 26.2 Å². The average Bonchev–Trinajstić information content (AvgIpc) is 2.83. The third-order valence-corrected chi connectivity index (χ3v) is 3.88. The van der Waals surface area contributed by atoms with E-state index in [4.69, 9.17) is 0 Å². The van der Waals surface area contributed by atoms with E-state index in [1.54, 1.807) is 6.20 Å². The van der Waals surface area contributed by atoms with Crippen LogP contribution < -0.4 is 5.32 Å². The van der Waals surface area contributed by atoms with E-state index in [1.807, 2.05) is 17.9 Å². The Bertz CT molecular complexity index is 399. The predicted octanol–water partition coefficient (Wildman–Crippen LogP) is 2.24. The molecule has 2 N–H and O–H groups in total. The van der Waals surface area contributed by atoms with Crippen molar-refractivity contribution < 1.29 is 4.79 Å². The number of halogens is 1. The third kappa shape index (κ3) is 3.36. The van der Waals surface area contributed by atoms with Crippen LogP contribution in [0.5, 0.6) is 0 Å². The van der Waals surface area contributed by atoms with Gasteiger partial charge >= 0.3 is 0 Å². The van der Waals surface area contributed by atoms with Crippen molar-refractivity contribution in [3.63, 3.8) is 0 Å². The first kappa shape index (κ1) is 13.6. The van der Waals surface area contributed by atoms with Gasteiger partial charge in [-0.2, -0.15) is 0 Å². The van der Waals surface area contributed by atoms with Crippen molar-refractivity contribution in [2.75, 3.05) is 26.2 Å². The van der Waals surface area contributed by atoms with Gasteiger partial charge in [-0.05, 0) is 60.8 Å². The maximum Gasteiger partial charge on any atom is 0.270 e. The van der Waals surface area contributed by atoms with Gasteiger partial charge in [-0.3, -0.25) is 4.79 Å². The molecule has 100 valence electrons. The Morgan fingerprint density at radius 2 is 2.44 bits per heavy atom. The van der Waals surface area contributed by atoms with Crippen LogP contribution in [0.2, 0.25) is 0 Å². The average molecular weight is 314 g/mol. The van der Waals surface area contributed by atoms with Gasteiger partial charge in [0, 0.05) is 23.8 Å². The Morgan fingerprint density at radius 1 is 1.61 bits per heavy atom. The molecule has 0 spiro atoms. The Labute approximate surface area is 116 Å². The zero-order valence-electron chi connectivity index (χ0n) is 10.7. The van der Waals surface area contributed by atoms with Gasteiger partial charge in [-0.25, -0.2) is 0 Å². The number of carbonyl (C=O) groups is 1. The standard InChI is InChI=1S/C13H20BrN3O/c1-2-17(9-10-4-3-5-15-7-10)13(18)12-6-11(14)8-16-12/h6,8,10,15-16H,2-5,7,9H2,1H3. The second kappa shape index (κ2) is 6.38. The van der Waals surface area contributed by atoms with Crippen LogP contribution in [0.4, 0.5) is 0 Å². The van der Waals surface area contributed by atoms with E-state index in [9.17, 15) is 4.79 Å². The van der Waals surface area contributed by atoms with Crippen LogP contribution in [0, 0.1) is 5.92 Å². The summed E-state index contributed by atoms with van der Waals surface area (Å²) in [5.41, 5.74) is 0.660. The highest BCUT2D eigenvalue weighted by Gasteiger charge is 2.21. The number of hydrogen-bond donors (Lipinski definition) is 2. The molecule has 1 unspecified atom stereocenters. The summed E-state index contributed by atoms with van der Waals surface area (Å²) in [6.07, 6.45) is 4.22. The molecule has 0 radical (unpaired) electrons. The fourth-order valence-electron chi connectivity index (χ4n) is 2.41. The van der Waals surface area contributed by atoms with Crippen LogP contribution >= 0.6 is 15.9 Å². The molecule has 5 heteroatoms. The molecule has 1 aliphatic rings. The molecule has 1 aromatic rings. The van der Waals surface area contributed by atoms with Gasteiger partial charge in [0.2, 0.25) is 0 Å². The number of nitrogens with zero attached hydrogens (tertiary/aromatic N) is 1. The number of aromatic amines is 1. The Hall–Kier alpha value is -0.810. The fourth-order valence-corrected chi connectivity index (χ4v) is 2.75. The molecule has 0 saturated carbocycles. The quantitative estimate of drug-likeness (QED) is 0.895. The van der Waals surface area contributed by atoms with E-state index < -0.39 is 0 Å². The Morgan fingerprint density at radius 3 is 3.00 bits per heavy atom. The van der Waals surface area contributed by atoms with Crippen LogP contribution in [0.1, 0.15) is 30.3 Å². The molecule has 4 nitrogen and oxygen atoms in total. The summed E-state index contributed by atoms with van der Waals surface area (Å²) in [4.78, 5) is 17.2. The number of carbonyl (C=O) groups excluding carboxylic acids is 1. The minimum Gasteiger partial charge on any atom is -0.356 e. The zero-order chi connectivity index (χ0) is 13.0. The molecule has 1 aliphatic heterocycles. The predicted molar refractivity (Wildman–Crippen MR) is 75.7 cm³/mol. The van der Waals surface area contributed by atoms with Crippen molar-refractivity contribution in [3.8, 4) is 0 Å². The monoisotopic (exact) mass is 313 g/mol. The molecule has 1 saturated heterocycles. The van der Waals surface area contributed by atoms with Crippen LogP contribution in [0.15, 0.2) is 16.7 Å². The molecule has 1 aromatic heterocycles. The van der Waals surface area contributed by atoms with Crippen molar-refractivity contribution >= 4 is 21.8 Å². The lowest BCUT2D eigenvalue weighted by Crippen LogP contribution is -2.41. The number of H-pyrrole nitrogens is 1. The van der Waals surface area contributed by atoms with Crippen molar-refractivity contribution in [1.29, 1.82) is 0 Å². The van der Waals surface area contributed by atoms with Crippen LogP contribution in [0.3, 0.4) is 0 Å². The van der Waals surface area contributed by atoms with E-state index in [-0.39, 0.29) is 5.91 Å². The molecule has 1 fully saturated rings. The summed E-state index contributed by atoms with van der Waals surface area (Å²) >= 11 is 3.36. The lowest BCUT2D eigenvalue weighted by molar-refractivity contribution is 0.0724. The summed E-state index contributed by atoms with van der Waals surface area (Å²) in [5, 5.41) is 3.39. The van der Waals surface area contributed by atoms with Gasteiger partial charge in [0.05, 0.1) is 0 Å². The fraction of sp³-hybridized carbons (Fsp3) is 0.615. The first-order valence-corrected chi connectivity index (χ1v) is 7.34. The van der Waals surface area contributed by atoms with Gasteiger partial charge < -0.3 is 15.2 Å². The number of aromatic nitrogens is 1. The minimum atomic E-state index is 0.0915. The summed E-state index contributed by atoms with van der Waals surface area (Å²) in [6.45, 7) is 5.77. The van der Waals surface area contributed by atoms with Crippen molar-refractivity contribution in [1.82, 2.24) is 15.2 Å². The van der Waals surface area contributed by atoms with Gasteiger partial charge in [0.15, 0.2) is 0 Å². The number of amides is 1. The molecular formula is C13H20BrN3O. The van der Waals surface area contributed by atoms with Crippen LogP contribution in [-0.2, 0) is 0 Å². The normalized spacial score (nSPS) is 19.8. The van der Waals surface area contributed by atoms with Gasteiger partial charge in [0.1, 0.15) is 5.69 Å². The summed E-state index contributed by atoms with van der Waals surface area (Å²) in [7, 11) is 0. The molecular weight excluding hydrogens is 294 g/mol. The van der Waals surface area contributed by atoms with E-state index >= 15 is 0 Å². The van der Waals surface area contributed by atoms with Crippen LogP contribution in [-0.4, -0.2) is 42.0 Å². The lowest BCUT2D eigenvalue weighted by atomic mass is 9.99.